The normalized spacial score (nSPS) is 12.0. The van der Waals surface area contributed by atoms with E-state index in [-0.39, 0.29) is 12.5 Å². The average Bonchev–Trinajstić information content (AvgIpc) is 2.22. The Bertz CT molecular complexity index is 456. The Morgan fingerprint density at radius 3 is 2.11 bits per heavy atom. The summed E-state index contributed by atoms with van der Waals surface area (Å²) in [5.41, 5.74) is 0.386. The summed E-state index contributed by atoms with van der Waals surface area (Å²) in [5.74, 6) is -1.44. The van der Waals surface area contributed by atoms with Gasteiger partial charge in [-0.15, -0.1) is 0 Å². The topological polar surface area (TPSA) is 57.6 Å². The number of hydrogen-bond acceptors (Lipinski definition) is 2. The zero-order valence-electron chi connectivity index (χ0n) is 9.98. The van der Waals surface area contributed by atoms with Gasteiger partial charge in [0.15, 0.2) is 6.04 Å². The molecule has 1 amide bonds. The van der Waals surface area contributed by atoms with Crippen LogP contribution >= 0.6 is 23.2 Å². The fourth-order valence-electron chi connectivity index (χ4n) is 1.78. The van der Waals surface area contributed by atoms with Crippen LogP contribution in [0.2, 0.25) is 10.0 Å². The highest BCUT2D eigenvalue weighted by atomic mass is 35.5. The first kappa shape index (κ1) is 14.8. The molecule has 0 bridgehead atoms. The van der Waals surface area contributed by atoms with Gasteiger partial charge in [-0.05, 0) is 30.7 Å². The molecular formula is C12H13Cl2NO3. The Labute approximate surface area is 115 Å². The van der Waals surface area contributed by atoms with Crippen LogP contribution in [0.5, 0.6) is 0 Å². The molecule has 0 spiro atoms. The number of carbonyl (C=O) groups is 2. The summed E-state index contributed by atoms with van der Waals surface area (Å²) < 4.78 is 0. The lowest BCUT2D eigenvalue weighted by Crippen LogP contribution is -2.37. The number of benzene rings is 1. The number of carboxylic acid groups (broad SMARTS) is 1. The number of carboxylic acids is 1. The summed E-state index contributed by atoms with van der Waals surface area (Å²) in [6.07, 6.45) is 0. The van der Waals surface area contributed by atoms with Gasteiger partial charge in [0.25, 0.3) is 0 Å². The molecule has 0 saturated carbocycles. The van der Waals surface area contributed by atoms with Crippen molar-refractivity contribution in [3.63, 3.8) is 0 Å². The van der Waals surface area contributed by atoms with E-state index in [0.29, 0.717) is 15.6 Å². The molecule has 0 fully saturated rings. The van der Waals surface area contributed by atoms with Gasteiger partial charge in [0.1, 0.15) is 0 Å². The summed E-state index contributed by atoms with van der Waals surface area (Å²) >= 11 is 11.7. The summed E-state index contributed by atoms with van der Waals surface area (Å²) in [4.78, 5) is 24.0. The van der Waals surface area contributed by atoms with E-state index in [1.807, 2.05) is 0 Å². The number of carbonyl (C=O) groups excluding carboxylic acids is 1. The molecule has 18 heavy (non-hydrogen) atoms. The quantitative estimate of drug-likeness (QED) is 0.927. The molecule has 6 heteroatoms. The van der Waals surface area contributed by atoms with Crippen molar-refractivity contribution in [2.75, 3.05) is 6.54 Å². The van der Waals surface area contributed by atoms with Crippen molar-refractivity contribution in [3.8, 4) is 0 Å². The molecule has 0 aliphatic rings. The fourth-order valence-corrected chi connectivity index (χ4v) is 2.32. The van der Waals surface area contributed by atoms with Crippen LogP contribution < -0.4 is 0 Å². The van der Waals surface area contributed by atoms with Crippen molar-refractivity contribution in [2.24, 2.45) is 0 Å². The van der Waals surface area contributed by atoms with Crippen LogP contribution in [0.4, 0.5) is 0 Å². The molecule has 0 aliphatic heterocycles. The van der Waals surface area contributed by atoms with E-state index in [1.54, 1.807) is 6.92 Å². The van der Waals surface area contributed by atoms with Crippen molar-refractivity contribution in [3.05, 3.63) is 33.8 Å². The molecule has 0 radical (unpaired) electrons. The molecule has 98 valence electrons. The monoisotopic (exact) mass is 289 g/mol. The van der Waals surface area contributed by atoms with Crippen molar-refractivity contribution in [1.82, 2.24) is 4.90 Å². The third kappa shape index (κ3) is 3.37. The molecule has 0 aromatic heterocycles. The van der Waals surface area contributed by atoms with E-state index in [4.69, 9.17) is 23.2 Å². The SMILES string of the molecule is CCN(C(C)=O)C(C(=O)O)c1cc(Cl)cc(Cl)c1. The first-order valence-electron chi connectivity index (χ1n) is 5.32. The Hall–Kier alpha value is -1.26. The van der Waals surface area contributed by atoms with Gasteiger partial charge < -0.3 is 10.0 Å². The van der Waals surface area contributed by atoms with Gasteiger partial charge >= 0.3 is 5.97 Å². The zero-order chi connectivity index (χ0) is 13.9. The number of halogens is 2. The lowest BCUT2D eigenvalue weighted by Gasteiger charge is -2.27. The minimum absolute atomic E-state index is 0.288. The van der Waals surface area contributed by atoms with Crippen molar-refractivity contribution in [1.29, 1.82) is 0 Å². The Balaban J connectivity index is 3.27. The fraction of sp³-hybridized carbons (Fsp3) is 0.333. The maximum absolute atomic E-state index is 11.5. The minimum atomic E-state index is -1.12. The van der Waals surface area contributed by atoms with Gasteiger partial charge in [0.2, 0.25) is 5.91 Å². The van der Waals surface area contributed by atoms with E-state index in [1.165, 1.54) is 30.0 Å². The van der Waals surface area contributed by atoms with Crippen LogP contribution in [0.25, 0.3) is 0 Å². The lowest BCUT2D eigenvalue weighted by molar-refractivity contribution is -0.149. The molecule has 0 heterocycles. The second-order valence-corrected chi connectivity index (χ2v) is 4.62. The summed E-state index contributed by atoms with van der Waals surface area (Å²) in [6, 6.07) is 3.43. The molecule has 1 atom stereocenters. The van der Waals surface area contributed by atoms with Crippen molar-refractivity contribution in [2.45, 2.75) is 19.9 Å². The summed E-state index contributed by atoms with van der Waals surface area (Å²) in [6.45, 7) is 3.32. The summed E-state index contributed by atoms with van der Waals surface area (Å²) in [7, 11) is 0. The van der Waals surface area contributed by atoms with E-state index >= 15 is 0 Å². The molecule has 4 nitrogen and oxygen atoms in total. The van der Waals surface area contributed by atoms with E-state index in [2.05, 4.69) is 0 Å². The van der Waals surface area contributed by atoms with E-state index in [0.717, 1.165) is 0 Å². The maximum atomic E-state index is 11.5. The number of likely N-dealkylation sites (N-methyl/N-ethyl adjacent to an activating group) is 1. The predicted octanol–water partition coefficient (Wildman–Crippen LogP) is 2.99. The van der Waals surface area contributed by atoms with Crippen LogP contribution in [0.1, 0.15) is 25.5 Å². The summed E-state index contributed by atoms with van der Waals surface area (Å²) in [5, 5.41) is 9.95. The highest BCUT2D eigenvalue weighted by molar-refractivity contribution is 6.34. The van der Waals surface area contributed by atoms with Crippen molar-refractivity contribution < 1.29 is 14.7 Å². The largest absolute Gasteiger partial charge is 0.479 e. The van der Waals surface area contributed by atoms with Gasteiger partial charge in [-0.25, -0.2) is 4.79 Å². The molecule has 1 N–H and O–H groups in total. The van der Waals surface area contributed by atoms with Crippen LogP contribution in [0, 0.1) is 0 Å². The molecule has 1 unspecified atom stereocenters. The minimum Gasteiger partial charge on any atom is -0.479 e. The van der Waals surface area contributed by atoms with Gasteiger partial charge in [0.05, 0.1) is 0 Å². The van der Waals surface area contributed by atoms with Gasteiger partial charge in [0, 0.05) is 23.5 Å². The number of nitrogens with zero attached hydrogens (tertiary/aromatic N) is 1. The van der Waals surface area contributed by atoms with Crippen LogP contribution in [-0.4, -0.2) is 28.4 Å². The van der Waals surface area contributed by atoms with Gasteiger partial charge in [-0.3, -0.25) is 4.79 Å². The number of rotatable bonds is 4. The number of amides is 1. The second kappa shape index (κ2) is 6.07. The molecular weight excluding hydrogens is 277 g/mol. The third-order valence-corrected chi connectivity index (χ3v) is 2.93. The standard InChI is InChI=1S/C12H13Cl2NO3/c1-3-15(7(2)16)11(12(17)18)8-4-9(13)6-10(14)5-8/h4-6,11H,3H2,1-2H3,(H,17,18). The first-order chi connectivity index (χ1) is 8.36. The average molecular weight is 290 g/mol. The third-order valence-electron chi connectivity index (χ3n) is 2.49. The van der Waals surface area contributed by atoms with E-state index < -0.39 is 12.0 Å². The second-order valence-electron chi connectivity index (χ2n) is 3.75. The molecule has 1 rings (SSSR count). The molecule has 1 aromatic rings. The van der Waals surface area contributed by atoms with E-state index in [9.17, 15) is 14.7 Å². The lowest BCUT2D eigenvalue weighted by atomic mass is 10.1. The van der Waals surface area contributed by atoms with Crippen molar-refractivity contribution >= 4 is 35.1 Å². The Kier molecular flexibility index (Phi) is 4.99. The maximum Gasteiger partial charge on any atom is 0.331 e. The van der Waals surface area contributed by atoms with Gasteiger partial charge in [-0.2, -0.15) is 0 Å². The number of hydrogen-bond donors (Lipinski definition) is 1. The predicted molar refractivity (Wildman–Crippen MR) is 69.9 cm³/mol. The molecule has 0 aliphatic carbocycles. The zero-order valence-corrected chi connectivity index (χ0v) is 11.5. The smallest absolute Gasteiger partial charge is 0.331 e. The van der Waals surface area contributed by atoms with Crippen LogP contribution in [0.15, 0.2) is 18.2 Å². The number of aliphatic carboxylic acids is 1. The van der Waals surface area contributed by atoms with Gasteiger partial charge in [-0.1, -0.05) is 23.2 Å². The van der Waals surface area contributed by atoms with Crippen LogP contribution in [0.3, 0.4) is 0 Å². The van der Waals surface area contributed by atoms with Crippen LogP contribution in [-0.2, 0) is 9.59 Å². The first-order valence-corrected chi connectivity index (χ1v) is 6.08. The Morgan fingerprint density at radius 1 is 1.28 bits per heavy atom. The molecule has 0 saturated heterocycles. The highest BCUT2D eigenvalue weighted by Crippen LogP contribution is 2.27. The molecule has 1 aromatic carbocycles. The highest BCUT2D eigenvalue weighted by Gasteiger charge is 2.28. The Morgan fingerprint density at radius 2 is 1.78 bits per heavy atom.